The molecule has 1 aromatic carbocycles. The highest BCUT2D eigenvalue weighted by Gasteiger charge is 2.41. The molecule has 0 amide bonds. The van der Waals surface area contributed by atoms with E-state index >= 15 is 4.39 Å². The standard InChI is InChI=1S/C22H28FN9O/c1-12-6-14(7-13(2)32(12)16-4-5-16)20-19(23)21(24)28-22(27-20)26-15-8-17(10-18(9-15)33-3)31-11-25-29-30-31/h8-14,16H,4-7H2,1-3H3,(H3,24,26,27,28). The number of benzene rings is 1. The highest BCUT2D eigenvalue weighted by Crippen LogP contribution is 2.41. The maximum Gasteiger partial charge on any atom is 0.229 e. The van der Waals surface area contributed by atoms with Gasteiger partial charge in [0.15, 0.2) is 11.6 Å². The van der Waals surface area contributed by atoms with Crippen LogP contribution in [0, 0.1) is 5.82 Å². The Kier molecular flexibility index (Phi) is 5.57. The number of nitrogens with zero attached hydrogens (tertiary/aromatic N) is 7. The van der Waals surface area contributed by atoms with Gasteiger partial charge in [-0.3, -0.25) is 4.90 Å². The van der Waals surface area contributed by atoms with Crippen LogP contribution in [0.1, 0.15) is 51.1 Å². The lowest BCUT2D eigenvalue weighted by Crippen LogP contribution is -2.47. The van der Waals surface area contributed by atoms with E-state index in [4.69, 9.17) is 10.5 Å². The van der Waals surface area contributed by atoms with Gasteiger partial charge in [0.05, 0.1) is 18.5 Å². The second-order valence-electron chi connectivity index (χ2n) is 8.98. The molecule has 10 nitrogen and oxygen atoms in total. The van der Waals surface area contributed by atoms with E-state index in [9.17, 15) is 0 Å². The van der Waals surface area contributed by atoms with Gasteiger partial charge in [-0.2, -0.15) is 4.98 Å². The van der Waals surface area contributed by atoms with Gasteiger partial charge in [-0.05, 0) is 56.0 Å². The van der Waals surface area contributed by atoms with Crippen molar-refractivity contribution >= 4 is 17.5 Å². The lowest BCUT2D eigenvalue weighted by atomic mass is 9.84. The number of likely N-dealkylation sites (tertiary alicyclic amines) is 1. The molecule has 2 aromatic heterocycles. The number of tetrazole rings is 1. The van der Waals surface area contributed by atoms with Gasteiger partial charge in [0.1, 0.15) is 12.1 Å². The van der Waals surface area contributed by atoms with Crippen molar-refractivity contribution < 1.29 is 9.13 Å². The lowest BCUT2D eigenvalue weighted by molar-refractivity contribution is 0.0807. The molecule has 1 saturated heterocycles. The number of rotatable bonds is 6. The highest BCUT2D eigenvalue weighted by atomic mass is 19.1. The summed E-state index contributed by atoms with van der Waals surface area (Å²) in [6.45, 7) is 4.44. The number of hydrogen-bond donors (Lipinski definition) is 2. The van der Waals surface area contributed by atoms with Crippen LogP contribution >= 0.6 is 0 Å². The third kappa shape index (κ3) is 4.32. The summed E-state index contributed by atoms with van der Waals surface area (Å²) >= 11 is 0. The Bertz CT molecular complexity index is 1120. The molecule has 2 atom stereocenters. The van der Waals surface area contributed by atoms with Gasteiger partial charge in [-0.1, -0.05) is 0 Å². The number of methoxy groups -OCH3 is 1. The topological polar surface area (TPSA) is 120 Å². The highest BCUT2D eigenvalue weighted by molar-refractivity contribution is 5.62. The molecule has 3 N–H and O–H groups in total. The van der Waals surface area contributed by atoms with Crippen molar-refractivity contribution in [2.24, 2.45) is 0 Å². The van der Waals surface area contributed by atoms with Crippen LogP contribution in [0.2, 0.25) is 0 Å². The van der Waals surface area contributed by atoms with Crippen molar-refractivity contribution in [3.8, 4) is 11.4 Å². The van der Waals surface area contributed by atoms with Gasteiger partial charge in [0.25, 0.3) is 0 Å². The summed E-state index contributed by atoms with van der Waals surface area (Å²) < 4.78 is 22.0. The summed E-state index contributed by atoms with van der Waals surface area (Å²) in [5.74, 6) is 0.138. The molecule has 174 valence electrons. The monoisotopic (exact) mass is 453 g/mol. The van der Waals surface area contributed by atoms with E-state index in [2.05, 4.69) is 49.6 Å². The lowest BCUT2D eigenvalue weighted by Gasteiger charge is -2.43. The third-order valence-corrected chi connectivity index (χ3v) is 6.52. The second-order valence-corrected chi connectivity index (χ2v) is 8.98. The molecule has 5 rings (SSSR count). The molecule has 0 spiro atoms. The van der Waals surface area contributed by atoms with Gasteiger partial charge in [0.2, 0.25) is 5.95 Å². The summed E-state index contributed by atoms with van der Waals surface area (Å²) in [5.41, 5.74) is 7.67. The first-order chi connectivity index (χ1) is 15.9. The minimum atomic E-state index is -0.523. The Morgan fingerprint density at radius 3 is 2.52 bits per heavy atom. The molecule has 0 radical (unpaired) electrons. The normalized spacial score (nSPS) is 23.5. The van der Waals surface area contributed by atoms with Crippen LogP contribution in [0.4, 0.5) is 21.8 Å². The van der Waals surface area contributed by atoms with E-state index in [1.807, 2.05) is 6.07 Å². The maximum atomic E-state index is 15.1. The van der Waals surface area contributed by atoms with Crippen molar-refractivity contribution in [1.82, 2.24) is 35.1 Å². The average Bonchev–Trinajstić information content (AvgIpc) is 3.46. The number of ether oxygens (including phenoxy) is 1. The van der Waals surface area contributed by atoms with Crippen molar-refractivity contribution in [3.05, 3.63) is 36.0 Å². The second kappa shape index (κ2) is 8.54. The van der Waals surface area contributed by atoms with Crippen LogP contribution in [0.15, 0.2) is 24.5 Å². The Hall–Kier alpha value is -3.34. The molecule has 3 heterocycles. The predicted molar refractivity (Wildman–Crippen MR) is 121 cm³/mol. The molecule has 3 aromatic rings. The third-order valence-electron chi connectivity index (χ3n) is 6.52. The number of anilines is 3. The zero-order chi connectivity index (χ0) is 23.1. The van der Waals surface area contributed by atoms with Gasteiger partial charge in [-0.25, -0.2) is 14.1 Å². The van der Waals surface area contributed by atoms with E-state index in [-0.39, 0.29) is 17.7 Å². The maximum absolute atomic E-state index is 15.1. The molecular weight excluding hydrogens is 425 g/mol. The van der Waals surface area contributed by atoms with Gasteiger partial charge in [-0.15, -0.1) is 5.10 Å². The Morgan fingerprint density at radius 1 is 1.12 bits per heavy atom. The number of nitrogens with one attached hydrogen (secondary N) is 1. The number of halogens is 1. The summed E-state index contributed by atoms with van der Waals surface area (Å²) in [7, 11) is 1.57. The smallest absolute Gasteiger partial charge is 0.229 e. The first-order valence-electron chi connectivity index (χ1n) is 11.2. The van der Waals surface area contributed by atoms with E-state index in [0.717, 1.165) is 12.8 Å². The minimum Gasteiger partial charge on any atom is -0.497 e. The SMILES string of the molecule is COc1cc(Nc2nc(N)c(F)c(C3CC(C)N(C4CC4)C(C)C3)n2)cc(-n2cnnn2)c1. The Morgan fingerprint density at radius 2 is 1.88 bits per heavy atom. The summed E-state index contributed by atoms with van der Waals surface area (Å²) in [6, 6.07) is 6.82. The number of aromatic nitrogens is 6. The zero-order valence-electron chi connectivity index (χ0n) is 18.9. The molecule has 0 bridgehead atoms. The molecule has 2 unspecified atom stereocenters. The Labute approximate surface area is 191 Å². The van der Waals surface area contributed by atoms with Crippen molar-refractivity contribution in [2.45, 2.75) is 63.6 Å². The first-order valence-corrected chi connectivity index (χ1v) is 11.2. The largest absolute Gasteiger partial charge is 0.497 e. The number of piperidine rings is 1. The van der Waals surface area contributed by atoms with Gasteiger partial charge in [0, 0.05) is 41.9 Å². The number of hydrogen-bond acceptors (Lipinski definition) is 9. The quantitative estimate of drug-likeness (QED) is 0.580. The van der Waals surface area contributed by atoms with E-state index in [0.29, 0.717) is 40.9 Å². The van der Waals surface area contributed by atoms with E-state index < -0.39 is 5.82 Å². The molecule has 2 fully saturated rings. The molecule has 1 aliphatic carbocycles. The van der Waals surface area contributed by atoms with Gasteiger partial charge >= 0.3 is 0 Å². The summed E-state index contributed by atoms with van der Waals surface area (Å²) in [4.78, 5) is 11.3. The first kappa shape index (κ1) is 21.5. The van der Waals surface area contributed by atoms with Crippen LogP contribution in [0.25, 0.3) is 5.69 Å². The Balaban J connectivity index is 1.43. The van der Waals surface area contributed by atoms with E-state index in [1.54, 1.807) is 19.2 Å². The van der Waals surface area contributed by atoms with Crippen LogP contribution < -0.4 is 15.8 Å². The fraction of sp³-hybridized carbons (Fsp3) is 0.500. The molecular formula is C22H28FN9O. The van der Waals surface area contributed by atoms with E-state index in [1.165, 1.54) is 23.9 Å². The average molecular weight is 454 g/mol. The number of nitrogens with two attached hydrogens (primary N) is 1. The molecule has 2 aliphatic rings. The molecule has 1 saturated carbocycles. The molecule has 1 aliphatic heterocycles. The van der Waals surface area contributed by atoms with Crippen LogP contribution in [0.5, 0.6) is 5.75 Å². The number of nitrogen functional groups attached to an aromatic ring is 1. The minimum absolute atomic E-state index is 0.0158. The van der Waals surface area contributed by atoms with Gasteiger partial charge < -0.3 is 15.8 Å². The van der Waals surface area contributed by atoms with Crippen LogP contribution in [0.3, 0.4) is 0 Å². The zero-order valence-corrected chi connectivity index (χ0v) is 18.9. The predicted octanol–water partition coefficient (Wildman–Crippen LogP) is 3.04. The fourth-order valence-electron chi connectivity index (χ4n) is 5.04. The summed E-state index contributed by atoms with van der Waals surface area (Å²) in [6.07, 6.45) is 5.69. The van der Waals surface area contributed by atoms with Crippen molar-refractivity contribution in [1.29, 1.82) is 0 Å². The molecule has 33 heavy (non-hydrogen) atoms. The summed E-state index contributed by atoms with van der Waals surface area (Å²) in [5, 5.41) is 14.4. The van der Waals surface area contributed by atoms with Crippen LogP contribution in [-0.2, 0) is 0 Å². The van der Waals surface area contributed by atoms with Crippen LogP contribution in [-0.4, -0.2) is 60.3 Å². The van der Waals surface area contributed by atoms with Crippen molar-refractivity contribution in [2.75, 3.05) is 18.2 Å². The molecule has 11 heteroatoms. The van der Waals surface area contributed by atoms with Crippen molar-refractivity contribution in [3.63, 3.8) is 0 Å². The fourth-order valence-corrected chi connectivity index (χ4v) is 5.04.